The van der Waals surface area contributed by atoms with Gasteiger partial charge in [0.25, 0.3) is 0 Å². The zero-order chi connectivity index (χ0) is 16.8. The molecule has 0 aliphatic heterocycles. The number of nitrogens with one attached hydrogen (secondary N) is 1. The van der Waals surface area contributed by atoms with Crippen LogP contribution < -0.4 is 5.32 Å². The van der Waals surface area contributed by atoms with E-state index in [0.717, 1.165) is 4.57 Å². The number of alkyl halides is 3. The Balaban J connectivity index is 2.77. The topological polar surface area (TPSA) is 67.2 Å². The number of carbonyl (C=O) groups is 1. The molecule has 0 radical (unpaired) electrons. The molecule has 0 saturated heterocycles. The van der Waals surface area contributed by atoms with Crippen LogP contribution in [0.1, 0.15) is 19.2 Å². The van der Waals surface area contributed by atoms with Gasteiger partial charge in [-0.3, -0.25) is 4.79 Å². The fraction of sp³-hybridized carbons (Fsp3) is 0.429. The molecule has 0 aromatic carbocycles. The molecule has 22 heavy (non-hydrogen) atoms. The minimum Gasteiger partial charge on any atom is -0.374 e. The predicted octanol–water partition coefficient (Wildman–Crippen LogP) is 1.81. The van der Waals surface area contributed by atoms with E-state index in [1.807, 2.05) is 0 Å². The van der Waals surface area contributed by atoms with Crippen LogP contribution in [0.5, 0.6) is 0 Å². The van der Waals surface area contributed by atoms with Gasteiger partial charge in [-0.05, 0) is 6.92 Å². The molecule has 1 rings (SSSR count). The molecule has 1 aromatic heterocycles. The molecule has 5 nitrogen and oxygen atoms in total. The minimum atomic E-state index is -4.91. The molecule has 0 aliphatic rings. The van der Waals surface area contributed by atoms with Crippen LogP contribution in [0.4, 0.5) is 13.2 Å². The Morgan fingerprint density at radius 1 is 1.45 bits per heavy atom. The lowest BCUT2D eigenvalue weighted by molar-refractivity contribution is -0.272. The summed E-state index contributed by atoms with van der Waals surface area (Å²) < 4.78 is 40.6. The predicted molar refractivity (Wildman–Crippen MR) is 74.7 cm³/mol. The molecule has 1 unspecified atom stereocenters. The van der Waals surface area contributed by atoms with Crippen molar-refractivity contribution in [1.29, 1.82) is 0 Å². The first-order valence-corrected chi connectivity index (χ1v) is 6.56. The molecule has 1 atom stereocenters. The first-order valence-electron chi connectivity index (χ1n) is 6.56. The molecule has 1 aromatic rings. The molecular weight excluding hydrogens is 299 g/mol. The number of allylic oxidation sites excluding steroid dienone is 3. The Bertz CT molecular complexity index is 564. The van der Waals surface area contributed by atoms with Crippen LogP contribution in [-0.4, -0.2) is 33.3 Å². The van der Waals surface area contributed by atoms with Crippen LogP contribution in [-0.2, 0) is 17.4 Å². The zero-order valence-electron chi connectivity index (χ0n) is 12.3. The lowest BCUT2D eigenvalue weighted by Crippen LogP contribution is -2.46. The van der Waals surface area contributed by atoms with E-state index in [2.05, 4.69) is 10.3 Å². The summed E-state index contributed by atoms with van der Waals surface area (Å²) in [5.41, 5.74) is -3.12. The molecule has 0 fully saturated rings. The molecular formula is C14H18F3N3O2. The van der Waals surface area contributed by atoms with Crippen LogP contribution in [0, 0.1) is 0 Å². The Hall–Kier alpha value is -2.09. The fourth-order valence-corrected chi connectivity index (χ4v) is 1.82. The minimum absolute atomic E-state index is 0.345. The number of hydrogen-bond acceptors (Lipinski definition) is 3. The third-order valence-electron chi connectivity index (χ3n) is 3.00. The number of amides is 1. The Morgan fingerprint density at radius 2 is 2.14 bits per heavy atom. The van der Waals surface area contributed by atoms with Gasteiger partial charge >= 0.3 is 6.18 Å². The number of halogens is 3. The van der Waals surface area contributed by atoms with Crippen LogP contribution >= 0.6 is 0 Å². The number of aromatic nitrogens is 2. The number of hydrogen-bond donors (Lipinski definition) is 2. The van der Waals surface area contributed by atoms with Crippen molar-refractivity contribution in [3.05, 3.63) is 42.5 Å². The molecule has 1 heterocycles. The van der Waals surface area contributed by atoms with Gasteiger partial charge in [0, 0.05) is 38.5 Å². The summed E-state index contributed by atoms with van der Waals surface area (Å²) in [6.45, 7) is 1.42. The molecule has 2 N–H and O–H groups in total. The second-order valence-electron chi connectivity index (χ2n) is 4.65. The Labute approximate surface area is 126 Å². The van der Waals surface area contributed by atoms with Gasteiger partial charge in [0.15, 0.2) is 0 Å². The Morgan fingerprint density at radius 3 is 2.64 bits per heavy atom. The second-order valence-corrected chi connectivity index (χ2v) is 4.65. The van der Waals surface area contributed by atoms with Gasteiger partial charge < -0.3 is 15.0 Å². The van der Waals surface area contributed by atoms with E-state index in [4.69, 9.17) is 0 Å². The second kappa shape index (κ2) is 7.26. The molecule has 0 saturated carbocycles. The largest absolute Gasteiger partial charge is 0.424 e. The average molecular weight is 317 g/mol. The van der Waals surface area contributed by atoms with Gasteiger partial charge in [-0.2, -0.15) is 13.2 Å². The number of imidazole rings is 1. The summed E-state index contributed by atoms with van der Waals surface area (Å²) in [5, 5.41) is 12.3. The van der Waals surface area contributed by atoms with Crippen molar-refractivity contribution in [3.8, 4) is 0 Å². The quantitative estimate of drug-likeness (QED) is 0.621. The SMILES string of the molecule is CC=CC=CC(=O)NCCC(O)(c1nccn1C)C(F)(F)F. The van der Waals surface area contributed by atoms with Crippen LogP contribution in [0.25, 0.3) is 0 Å². The van der Waals surface area contributed by atoms with Gasteiger partial charge in [0.1, 0.15) is 5.82 Å². The molecule has 8 heteroatoms. The third-order valence-corrected chi connectivity index (χ3v) is 3.00. The van der Waals surface area contributed by atoms with Gasteiger partial charge in [-0.25, -0.2) is 4.98 Å². The number of carbonyl (C=O) groups excluding carboxylic acids is 1. The third kappa shape index (κ3) is 4.20. The van der Waals surface area contributed by atoms with Crippen LogP contribution in [0.2, 0.25) is 0 Å². The van der Waals surface area contributed by atoms with Crippen molar-refractivity contribution in [3.63, 3.8) is 0 Å². The van der Waals surface area contributed by atoms with Gasteiger partial charge in [-0.1, -0.05) is 18.2 Å². The van der Waals surface area contributed by atoms with Crippen molar-refractivity contribution < 1.29 is 23.1 Å². The van der Waals surface area contributed by atoms with Gasteiger partial charge in [0.2, 0.25) is 11.5 Å². The summed E-state index contributed by atoms with van der Waals surface area (Å²) >= 11 is 0. The first kappa shape index (κ1) is 18.0. The van der Waals surface area contributed by atoms with Crippen molar-refractivity contribution >= 4 is 5.91 Å². The van der Waals surface area contributed by atoms with Gasteiger partial charge in [-0.15, -0.1) is 0 Å². The van der Waals surface area contributed by atoms with Crippen LogP contribution in [0.15, 0.2) is 36.7 Å². The lowest BCUT2D eigenvalue weighted by Gasteiger charge is -2.29. The van der Waals surface area contributed by atoms with Gasteiger partial charge in [0.05, 0.1) is 0 Å². The highest BCUT2D eigenvalue weighted by Gasteiger charge is 2.57. The van der Waals surface area contributed by atoms with E-state index in [1.54, 1.807) is 19.1 Å². The Kier molecular flexibility index (Phi) is 5.92. The monoisotopic (exact) mass is 317 g/mol. The van der Waals surface area contributed by atoms with E-state index in [1.165, 1.54) is 31.6 Å². The standard InChI is InChI=1S/C14H18F3N3O2/c1-3-4-5-6-11(21)18-8-7-13(22,14(15,16)17)12-19-9-10-20(12)2/h3-6,9-10,22H,7-8H2,1-2H3,(H,18,21). The average Bonchev–Trinajstić information content (AvgIpc) is 2.84. The van der Waals surface area contributed by atoms with E-state index in [9.17, 15) is 23.1 Å². The van der Waals surface area contributed by atoms with E-state index >= 15 is 0 Å². The summed E-state index contributed by atoms with van der Waals surface area (Å²) in [6.07, 6.45) is 2.81. The van der Waals surface area contributed by atoms with Crippen molar-refractivity contribution in [1.82, 2.24) is 14.9 Å². The number of aryl methyl sites for hydroxylation is 1. The lowest BCUT2D eigenvalue weighted by atomic mass is 9.97. The maximum Gasteiger partial charge on any atom is 0.424 e. The van der Waals surface area contributed by atoms with E-state index in [0.29, 0.717) is 0 Å². The maximum absolute atomic E-state index is 13.2. The van der Waals surface area contributed by atoms with Crippen molar-refractivity contribution in [2.75, 3.05) is 6.54 Å². The summed E-state index contributed by atoms with van der Waals surface area (Å²) in [6, 6.07) is 0. The number of nitrogens with zero attached hydrogens (tertiary/aromatic N) is 2. The highest BCUT2D eigenvalue weighted by molar-refractivity contribution is 5.87. The van der Waals surface area contributed by atoms with Crippen molar-refractivity contribution in [2.24, 2.45) is 7.05 Å². The zero-order valence-corrected chi connectivity index (χ0v) is 12.3. The van der Waals surface area contributed by atoms with Crippen LogP contribution in [0.3, 0.4) is 0 Å². The number of aliphatic hydroxyl groups is 1. The smallest absolute Gasteiger partial charge is 0.374 e. The molecule has 0 aliphatic carbocycles. The molecule has 0 spiro atoms. The highest BCUT2D eigenvalue weighted by atomic mass is 19.4. The summed E-state index contributed by atoms with van der Waals surface area (Å²) in [5.74, 6) is -1.05. The highest BCUT2D eigenvalue weighted by Crippen LogP contribution is 2.40. The summed E-state index contributed by atoms with van der Waals surface area (Å²) in [7, 11) is 1.36. The molecule has 0 bridgehead atoms. The fourth-order valence-electron chi connectivity index (χ4n) is 1.82. The summed E-state index contributed by atoms with van der Waals surface area (Å²) in [4.78, 5) is 15.0. The first-order chi connectivity index (χ1) is 10.2. The molecule has 1 amide bonds. The van der Waals surface area contributed by atoms with E-state index < -0.39 is 29.9 Å². The molecule has 122 valence electrons. The normalized spacial score (nSPS) is 15.4. The number of rotatable bonds is 6. The van der Waals surface area contributed by atoms with E-state index in [-0.39, 0.29) is 6.54 Å². The van der Waals surface area contributed by atoms with Crippen molar-refractivity contribution in [2.45, 2.75) is 25.1 Å². The maximum atomic E-state index is 13.2.